The third-order valence-corrected chi connectivity index (χ3v) is 8.09. The Balaban J connectivity index is 4.69. The van der Waals surface area contributed by atoms with Crippen LogP contribution in [0.4, 0.5) is 0 Å². The molecule has 6 nitrogen and oxygen atoms in total. The number of hydrogen-bond donors (Lipinski definition) is 0. The lowest BCUT2D eigenvalue weighted by Crippen LogP contribution is -2.43. The predicted molar refractivity (Wildman–Crippen MR) is 126 cm³/mol. The zero-order chi connectivity index (χ0) is 22.7. The molecule has 0 aliphatic heterocycles. The first-order valence-corrected chi connectivity index (χ1v) is 12.5. The number of rotatable bonds is 14. The lowest BCUT2D eigenvalue weighted by Gasteiger charge is -2.45. The molecule has 0 heterocycles. The zero-order valence-corrected chi connectivity index (χ0v) is 22.0. The average molecular weight is 451 g/mol. The molecule has 0 unspecified atom stereocenters. The number of allylic oxidation sites excluding steroid dienone is 1. The van der Waals surface area contributed by atoms with Gasteiger partial charge in [-0.25, -0.2) is 9.34 Å². The number of hydrogen-bond acceptors (Lipinski definition) is 7. The fourth-order valence-corrected chi connectivity index (χ4v) is 5.79. The Hall–Kier alpha value is -0.0100. The van der Waals surface area contributed by atoms with Crippen LogP contribution in [0, 0.1) is 0 Å². The molecule has 0 rings (SSSR count). The molecule has 0 atom stereocenters. The van der Waals surface area contributed by atoms with Crippen LogP contribution in [0.1, 0.15) is 76.2 Å². The summed E-state index contributed by atoms with van der Waals surface area (Å²) >= 11 is 1.15. The van der Waals surface area contributed by atoms with E-state index in [1.165, 1.54) is 0 Å². The summed E-state index contributed by atoms with van der Waals surface area (Å²) in [5.41, 5.74) is 1.80. The van der Waals surface area contributed by atoms with Gasteiger partial charge >= 0.3 is 0 Å². The van der Waals surface area contributed by atoms with Gasteiger partial charge in [-0.1, -0.05) is 17.3 Å². The van der Waals surface area contributed by atoms with Crippen molar-refractivity contribution in [1.29, 1.82) is 0 Å². The van der Waals surface area contributed by atoms with Crippen LogP contribution in [0.25, 0.3) is 0 Å². The quantitative estimate of drug-likeness (QED) is 0.139. The Kier molecular flexibility index (Phi) is 14.9. The van der Waals surface area contributed by atoms with Gasteiger partial charge in [-0.05, 0) is 76.2 Å². The average Bonchev–Trinajstić information content (AvgIpc) is 2.58. The van der Waals surface area contributed by atoms with Gasteiger partial charge in [-0.15, -0.1) is 0 Å². The van der Waals surface area contributed by atoms with E-state index in [4.69, 9.17) is 14.0 Å². The topological polar surface area (TPSA) is 51.2 Å². The highest BCUT2D eigenvalue weighted by molar-refractivity contribution is 8.14. The van der Waals surface area contributed by atoms with E-state index in [0.717, 1.165) is 22.9 Å². The fourth-order valence-electron chi connectivity index (χ4n) is 2.85. The number of carbonyl (C=O) groups is 1. The summed E-state index contributed by atoms with van der Waals surface area (Å²) < 4.78 is 22.0. The Morgan fingerprint density at radius 2 is 1.24 bits per heavy atom. The second-order valence-corrected chi connectivity index (χ2v) is 10.9. The lowest BCUT2D eigenvalue weighted by molar-refractivity contribution is -0.108. The molecule has 0 aromatic carbocycles. The molecular weight excluding hydrogens is 407 g/mol. The van der Waals surface area contributed by atoms with Crippen LogP contribution >= 0.6 is 20.2 Å². The van der Waals surface area contributed by atoms with E-state index < -0.39 is 8.45 Å². The summed E-state index contributed by atoms with van der Waals surface area (Å²) in [6.07, 6.45) is 0. The Labute approximate surface area is 184 Å². The Bertz CT molecular complexity index is 473. The second-order valence-electron chi connectivity index (χ2n) is 8.34. The molecule has 0 saturated carbocycles. The van der Waals surface area contributed by atoms with E-state index in [-0.39, 0.29) is 24.6 Å². The monoisotopic (exact) mass is 450 g/mol. The van der Waals surface area contributed by atoms with Crippen molar-refractivity contribution in [1.82, 2.24) is 9.34 Å². The first kappa shape index (κ1) is 29.0. The summed E-state index contributed by atoms with van der Waals surface area (Å²) in [4.78, 5) is 11.9. The van der Waals surface area contributed by atoms with Gasteiger partial charge in [0.1, 0.15) is 5.94 Å². The van der Waals surface area contributed by atoms with Crippen molar-refractivity contribution < 1.29 is 18.8 Å². The Morgan fingerprint density at radius 3 is 1.62 bits per heavy atom. The maximum Gasteiger partial charge on any atom is 0.217 e. The molecule has 0 N–H and O–H groups in total. The van der Waals surface area contributed by atoms with Crippen LogP contribution in [0.15, 0.2) is 11.1 Å². The van der Waals surface area contributed by atoms with Crippen LogP contribution < -0.4 is 0 Å². The van der Waals surface area contributed by atoms with Gasteiger partial charge < -0.3 is 14.0 Å². The first-order valence-electron chi connectivity index (χ1n) is 10.4. The predicted octanol–water partition coefficient (Wildman–Crippen LogP) is 5.99. The number of thioether (sulfide) groups is 1. The van der Waals surface area contributed by atoms with Gasteiger partial charge in [-0.3, -0.25) is 4.79 Å². The highest BCUT2D eigenvalue weighted by Crippen LogP contribution is 2.50. The standard InChI is InChI=1S/C21H43N2O4PS/c1-15(2)20(11)21(24)29-14-26-12-25-13-27-28(22(16(3)4)17(5)6)23(18(7)8)19(9)10/h16-19H,12-14H2,1-11H3. The molecule has 29 heavy (non-hydrogen) atoms. The van der Waals surface area contributed by atoms with Gasteiger partial charge in [0, 0.05) is 29.7 Å². The van der Waals surface area contributed by atoms with Crippen molar-refractivity contribution >= 4 is 25.3 Å². The van der Waals surface area contributed by atoms with E-state index in [1.54, 1.807) is 0 Å². The highest BCUT2D eigenvalue weighted by Gasteiger charge is 2.34. The molecule has 172 valence electrons. The van der Waals surface area contributed by atoms with E-state index in [1.807, 2.05) is 20.8 Å². The summed E-state index contributed by atoms with van der Waals surface area (Å²) in [5, 5.41) is 0.0405. The van der Waals surface area contributed by atoms with Crippen LogP contribution in [-0.2, 0) is 18.8 Å². The Morgan fingerprint density at radius 1 is 0.793 bits per heavy atom. The summed E-state index contributed by atoms with van der Waals surface area (Å²) in [6.45, 7) is 23.5. The molecular formula is C21H43N2O4PS. The highest BCUT2D eigenvalue weighted by atomic mass is 32.2. The number of ether oxygens (including phenoxy) is 2. The number of carbonyl (C=O) groups excluding carboxylic acids is 1. The molecule has 0 aromatic rings. The molecule has 0 spiro atoms. The summed E-state index contributed by atoms with van der Waals surface area (Å²) in [7, 11) is -0.975. The summed E-state index contributed by atoms with van der Waals surface area (Å²) in [5.74, 6) is 0.270. The van der Waals surface area contributed by atoms with Crippen LogP contribution in [-0.4, -0.2) is 58.1 Å². The number of nitrogens with zero attached hydrogens (tertiary/aromatic N) is 2. The molecule has 0 bridgehead atoms. The maximum atomic E-state index is 11.9. The second kappa shape index (κ2) is 14.9. The largest absolute Gasteiger partial charge is 0.344 e. The van der Waals surface area contributed by atoms with E-state index >= 15 is 0 Å². The summed E-state index contributed by atoms with van der Waals surface area (Å²) in [6, 6.07) is 1.44. The van der Waals surface area contributed by atoms with Gasteiger partial charge in [0.25, 0.3) is 0 Å². The van der Waals surface area contributed by atoms with Crippen LogP contribution in [0.3, 0.4) is 0 Å². The van der Waals surface area contributed by atoms with Crippen LogP contribution in [0.2, 0.25) is 0 Å². The minimum absolute atomic E-state index is 0.0405. The van der Waals surface area contributed by atoms with E-state index in [0.29, 0.717) is 24.2 Å². The van der Waals surface area contributed by atoms with Crippen molar-refractivity contribution in [2.75, 3.05) is 19.5 Å². The molecule has 0 fully saturated rings. The maximum absolute atomic E-state index is 11.9. The molecule has 0 saturated heterocycles. The minimum atomic E-state index is -0.975. The van der Waals surface area contributed by atoms with Crippen molar-refractivity contribution in [2.45, 2.75) is 100 Å². The third kappa shape index (κ3) is 10.7. The fraction of sp³-hybridized carbons (Fsp3) is 0.857. The molecule has 0 aliphatic carbocycles. The van der Waals surface area contributed by atoms with Crippen molar-refractivity contribution in [3.63, 3.8) is 0 Å². The van der Waals surface area contributed by atoms with Crippen molar-refractivity contribution in [3.8, 4) is 0 Å². The lowest BCUT2D eigenvalue weighted by atomic mass is 10.2. The third-order valence-electron chi connectivity index (χ3n) is 4.26. The zero-order valence-electron chi connectivity index (χ0n) is 20.3. The van der Waals surface area contributed by atoms with Gasteiger partial charge in [-0.2, -0.15) is 0 Å². The minimum Gasteiger partial charge on any atom is -0.344 e. The molecule has 8 heteroatoms. The smallest absolute Gasteiger partial charge is 0.217 e. The molecule has 0 radical (unpaired) electrons. The first-order chi connectivity index (χ1) is 13.4. The van der Waals surface area contributed by atoms with Crippen LogP contribution in [0.5, 0.6) is 0 Å². The molecule has 0 aromatic heterocycles. The normalized spacial score (nSPS) is 12.5. The van der Waals surface area contributed by atoms with Crippen molar-refractivity contribution in [2.24, 2.45) is 0 Å². The van der Waals surface area contributed by atoms with Gasteiger partial charge in [0.05, 0.1) is 0 Å². The molecule has 0 amide bonds. The van der Waals surface area contributed by atoms with E-state index in [9.17, 15) is 4.79 Å². The van der Waals surface area contributed by atoms with Gasteiger partial charge in [0.2, 0.25) is 5.12 Å². The van der Waals surface area contributed by atoms with E-state index in [2.05, 4.69) is 64.7 Å². The van der Waals surface area contributed by atoms with Crippen molar-refractivity contribution in [3.05, 3.63) is 11.1 Å². The molecule has 0 aliphatic rings. The van der Waals surface area contributed by atoms with Gasteiger partial charge in [0.15, 0.2) is 22.0 Å². The SMILES string of the molecule is CC(C)=C(C)C(=O)SCOCOCOP(N(C(C)C)C(C)C)N(C(C)C)C(C)C.